The Morgan fingerprint density at radius 3 is 2.75 bits per heavy atom. The molecule has 0 saturated carbocycles. The van der Waals surface area contributed by atoms with E-state index in [2.05, 4.69) is 55.1 Å². The summed E-state index contributed by atoms with van der Waals surface area (Å²) >= 11 is 0. The summed E-state index contributed by atoms with van der Waals surface area (Å²) in [5.74, 6) is 1.01. The Labute approximate surface area is 96.3 Å². The summed E-state index contributed by atoms with van der Waals surface area (Å²) in [6.07, 6.45) is 0. The number of rotatable bonds is 3. The molecule has 0 amide bonds. The van der Waals surface area contributed by atoms with Crippen LogP contribution in [0.1, 0.15) is 30.8 Å². The molecule has 0 fully saturated rings. The Bertz CT molecular complexity index is 497. The van der Waals surface area contributed by atoms with Crippen LogP contribution in [0.4, 0.5) is 0 Å². The predicted octanol–water partition coefficient (Wildman–Crippen LogP) is 2.68. The molecule has 16 heavy (non-hydrogen) atoms. The lowest BCUT2D eigenvalue weighted by Crippen LogP contribution is -2.22. The van der Waals surface area contributed by atoms with Crippen molar-refractivity contribution >= 4 is 11.0 Å². The lowest BCUT2D eigenvalue weighted by molar-refractivity contribution is 0.576. The molecule has 2 rings (SSSR count). The van der Waals surface area contributed by atoms with Crippen LogP contribution in [0.2, 0.25) is 0 Å². The molecule has 1 aromatic carbocycles. The molecule has 0 saturated heterocycles. The van der Waals surface area contributed by atoms with Crippen molar-refractivity contribution in [1.29, 1.82) is 0 Å². The molecule has 2 N–H and O–H groups in total. The van der Waals surface area contributed by atoms with E-state index in [1.807, 2.05) is 0 Å². The summed E-state index contributed by atoms with van der Waals surface area (Å²) in [5.41, 5.74) is 4.74. The molecule has 0 aliphatic heterocycles. The monoisotopic (exact) mass is 217 g/mol. The number of fused-ring (bicyclic) bond motifs is 1. The topological polar surface area (TPSA) is 40.7 Å². The highest BCUT2D eigenvalue weighted by Crippen LogP contribution is 2.18. The first-order valence-corrected chi connectivity index (χ1v) is 5.75. The van der Waals surface area contributed by atoms with E-state index in [9.17, 15) is 0 Å². The van der Waals surface area contributed by atoms with Gasteiger partial charge in [0.2, 0.25) is 0 Å². The van der Waals surface area contributed by atoms with Gasteiger partial charge in [-0.15, -0.1) is 0 Å². The van der Waals surface area contributed by atoms with Crippen molar-refractivity contribution in [1.82, 2.24) is 15.3 Å². The van der Waals surface area contributed by atoms with Crippen LogP contribution in [-0.2, 0) is 6.54 Å². The third-order valence-electron chi connectivity index (χ3n) is 2.65. The quantitative estimate of drug-likeness (QED) is 0.830. The van der Waals surface area contributed by atoms with E-state index in [4.69, 9.17) is 0 Å². The number of nitrogens with zero attached hydrogens (tertiary/aromatic N) is 1. The second-order valence-corrected chi connectivity index (χ2v) is 4.70. The van der Waals surface area contributed by atoms with Crippen LogP contribution in [-0.4, -0.2) is 16.0 Å². The first kappa shape index (κ1) is 11.1. The molecular weight excluding hydrogens is 198 g/mol. The molecule has 3 nitrogen and oxygen atoms in total. The van der Waals surface area contributed by atoms with Gasteiger partial charge in [-0.05, 0) is 31.0 Å². The third-order valence-corrected chi connectivity index (χ3v) is 2.65. The maximum absolute atomic E-state index is 4.61. The Hall–Kier alpha value is -1.35. The fourth-order valence-corrected chi connectivity index (χ4v) is 1.91. The Morgan fingerprint density at radius 2 is 2.06 bits per heavy atom. The zero-order chi connectivity index (χ0) is 11.7. The number of hydrogen-bond donors (Lipinski definition) is 2. The summed E-state index contributed by atoms with van der Waals surface area (Å²) < 4.78 is 0. The van der Waals surface area contributed by atoms with Gasteiger partial charge in [0, 0.05) is 6.04 Å². The molecule has 0 aliphatic rings. The molecule has 1 aromatic heterocycles. The number of nitrogens with one attached hydrogen (secondary N) is 2. The number of imidazole rings is 1. The molecule has 2 aromatic rings. The molecule has 0 aliphatic carbocycles. The summed E-state index contributed by atoms with van der Waals surface area (Å²) in [7, 11) is 0. The van der Waals surface area contributed by atoms with Crippen molar-refractivity contribution in [3.05, 3.63) is 29.1 Å². The Morgan fingerprint density at radius 1 is 1.31 bits per heavy atom. The summed E-state index contributed by atoms with van der Waals surface area (Å²) in [4.78, 5) is 7.97. The molecule has 0 atom stereocenters. The fourth-order valence-electron chi connectivity index (χ4n) is 1.91. The SMILES string of the molecule is Cc1cc(C)c2nc(CNC(C)C)[nH]c2c1. The largest absolute Gasteiger partial charge is 0.341 e. The average molecular weight is 217 g/mol. The van der Waals surface area contributed by atoms with Gasteiger partial charge in [0.05, 0.1) is 17.6 Å². The van der Waals surface area contributed by atoms with Crippen LogP contribution in [0.5, 0.6) is 0 Å². The van der Waals surface area contributed by atoms with Crippen LogP contribution < -0.4 is 5.32 Å². The maximum Gasteiger partial charge on any atom is 0.121 e. The molecule has 86 valence electrons. The normalized spacial score (nSPS) is 11.6. The summed E-state index contributed by atoms with van der Waals surface area (Å²) in [6, 6.07) is 4.80. The van der Waals surface area contributed by atoms with Crippen LogP contribution >= 0.6 is 0 Å². The second kappa shape index (κ2) is 4.26. The third kappa shape index (κ3) is 2.25. The van der Waals surface area contributed by atoms with Gasteiger partial charge in [-0.25, -0.2) is 4.98 Å². The van der Waals surface area contributed by atoms with E-state index >= 15 is 0 Å². The van der Waals surface area contributed by atoms with Crippen LogP contribution in [0.25, 0.3) is 11.0 Å². The van der Waals surface area contributed by atoms with Crippen LogP contribution in [0, 0.1) is 13.8 Å². The van der Waals surface area contributed by atoms with Crippen molar-refractivity contribution < 1.29 is 0 Å². The number of hydrogen-bond acceptors (Lipinski definition) is 2. The van der Waals surface area contributed by atoms with Crippen molar-refractivity contribution in [3.8, 4) is 0 Å². The zero-order valence-corrected chi connectivity index (χ0v) is 10.4. The highest BCUT2D eigenvalue weighted by molar-refractivity contribution is 5.79. The number of H-pyrrole nitrogens is 1. The molecular formula is C13H19N3. The lowest BCUT2D eigenvalue weighted by Gasteiger charge is -2.04. The molecule has 1 heterocycles. The van der Waals surface area contributed by atoms with E-state index in [0.29, 0.717) is 6.04 Å². The van der Waals surface area contributed by atoms with Gasteiger partial charge in [0.1, 0.15) is 5.82 Å². The molecule has 0 spiro atoms. The van der Waals surface area contributed by atoms with Crippen LogP contribution in [0.15, 0.2) is 12.1 Å². The van der Waals surface area contributed by atoms with Crippen molar-refractivity contribution in [2.45, 2.75) is 40.3 Å². The zero-order valence-electron chi connectivity index (χ0n) is 10.4. The van der Waals surface area contributed by atoms with Gasteiger partial charge in [0.15, 0.2) is 0 Å². The van der Waals surface area contributed by atoms with Gasteiger partial charge in [-0.2, -0.15) is 0 Å². The number of benzene rings is 1. The summed E-state index contributed by atoms with van der Waals surface area (Å²) in [5, 5.41) is 3.36. The average Bonchev–Trinajstić information content (AvgIpc) is 2.57. The summed E-state index contributed by atoms with van der Waals surface area (Å²) in [6.45, 7) is 9.29. The standard InChI is InChI=1S/C13H19N3/c1-8(2)14-7-12-15-11-6-9(3)5-10(4)13(11)16-12/h5-6,8,14H,7H2,1-4H3,(H,15,16). The molecule has 0 radical (unpaired) electrons. The van der Waals surface area contributed by atoms with Gasteiger partial charge in [-0.3, -0.25) is 0 Å². The fraction of sp³-hybridized carbons (Fsp3) is 0.462. The Balaban J connectivity index is 2.33. The number of aromatic amines is 1. The second-order valence-electron chi connectivity index (χ2n) is 4.70. The van der Waals surface area contributed by atoms with Gasteiger partial charge >= 0.3 is 0 Å². The van der Waals surface area contributed by atoms with Gasteiger partial charge < -0.3 is 10.3 Å². The first-order valence-electron chi connectivity index (χ1n) is 5.75. The minimum Gasteiger partial charge on any atom is -0.341 e. The van der Waals surface area contributed by atoms with E-state index in [1.54, 1.807) is 0 Å². The first-order chi connectivity index (χ1) is 7.56. The van der Waals surface area contributed by atoms with Crippen molar-refractivity contribution in [3.63, 3.8) is 0 Å². The highest BCUT2D eigenvalue weighted by atomic mass is 15.0. The highest BCUT2D eigenvalue weighted by Gasteiger charge is 2.06. The van der Waals surface area contributed by atoms with E-state index in [0.717, 1.165) is 23.4 Å². The number of aromatic nitrogens is 2. The van der Waals surface area contributed by atoms with E-state index in [-0.39, 0.29) is 0 Å². The smallest absolute Gasteiger partial charge is 0.121 e. The van der Waals surface area contributed by atoms with Crippen LogP contribution in [0.3, 0.4) is 0 Å². The molecule has 3 heteroatoms. The Kier molecular flexibility index (Phi) is 2.97. The van der Waals surface area contributed by atoms with E-state index < -0.39 is 0 Å². The predicted molar refractivity (Wildman–Crippen MR) is 67.5 cm³/mol. The van der Waals surface area contributed by atoms with Gasteiger partial charge in [-0.1, -0.05) is 19.9 Å². The lowest BCUT2D eigenvalue weighted by atomic mass is 10.1. The maximum atomic E-state index is 4.61. The molecule has 0 unspecified atom stereocenters. The number of aryl methyl sites for hydroxylation is 2. The van der Waals surface area contributed by atoms with E-state index in [1.165, 1.54) is 11.1 Å². The molecule has 0 bridgehead atoms. The van der Waals surface area contributed by atoms with Gasteiger partial charge in [0.25, 0.3) is 0 Å². The minimum atomic E-state index is 0.482. The van der Waals surface area contributed by atoms with Crippen molar-refractivity contribution in [2.24, 2.45) is 0 Å². The van der Waals surface area contributed by atoms with Crippen molar-refractivity contribution in [2.75, 3.05) is 0 Å². The minimum absolute atomic E-state index is 0.482.